The van der Waals surface area contributed by atoms with Gasteiger partial charge >= 0.3 is 23.9 Å². The lowest BCUT2D eigenvalue weighted by Crippen LogP contribution is -2.65. The number of hydrogen-bond donors (Lipinski definition) is 0. The van der Waals surface area contributed by atoms with Gasteiger partial charge in [0, 0.05) is 27.7 Å². The van der Waals surface area contributed by atoms with Crippen molar-refractivity contribution < 1.29 is 66.5 Å². The molecule has 14 heteroatoms. The summed E-state index contributed by atoms with van der Waals surface area (Å²) in [5, 5.41) is 0. The number of carbonyl (C=O) groups is 4. The summed E-state index contributed by atoms with van der Waals surface area (Å²) >= 11 is 0. The van der Waals surface area contributed by atoms with Gasteiger partial charge in [-0.3, -0.25) is 19.2 Å². The summed E-state index contributed by atoms with van der Waals surface area (Å²) in [6.07, 6.45) is -10.8. The van der Waals surface area contributed by atoms with Crippen LogP contribution in [0.3, 0.4) is 0 Å². The zero-order valence-electron chi connectivity index (χ0n) is 27.1. The predicted octanol–water partition coefficient (Wildman–Crippen LogP) is 2.38. The first kappa shape index (κ1) is 35.4. The molecule has 3 aliphatic heterocycles. The Balaban J connectivity index is 1.48. The molecular formula is C34H40O14. The zero-order chi connectivity index (χ0) is 34.2. The SMILES string of the molecule is CC(=O)OC[C@H]1O[C@@H](O[C@H]2[C@@H]3OC[C@@H](O3)[C@@H](OCc3ccccc3)[C@@H]2OCc2ccccc2)[C@H](OC(C)=O)[C@@H](OC(C)=O)[C@@H]1OC(C)=O. The van der Waals surface area contributed by atoms with Crippen molar-refractivity contribution in [2.24, 2.45) is 0 Å². The number of esters is 4. The van der Waals surface area contributed by atoms with Gasteiger partial charge in [-0.05, 0) is 11.1 Å². The molecule has 3 heterocycles. The van der Waals surface area contributed by atoms with E-state index in [-0.39, 0.29) is 19.8 Å². The Morgan fingerprint density at radius 3 is 1.73 bits per heavy atom. The molecule has 14 nitrogen and oxygen atoms in total. The van der Waals surface area contributed by atoms with Gasteiger partial charge in [-0.15, -0.1) is 0 Å². The molecule has 0 saturated carbocycles. The van der Waals surface area contributed by atoms with E-state index in [1.807, 2.05) is 60.7 Å². The number of rotatable bonds is 13. The summed E-state index contributed by atoms with van der Waals surface area (Å²) < 4.78 is 59.7. The van der Waals surface area contributed by atoms with Gasteiger partial charge in [-0.25, -0.2) is 0 Å². The van der Waals surface area contributed by atoms with Crippen molar-refractivity contribution in [3.05, 3.63) is 71.8 Å². The van der Waals surface area contributed by atoms with Gasteiger partial charge in [0.1, 0.15) is 37.1 Å². The minimum absolute atomic E-state index is 0.188. The number of ether oxygens (including phenoxy) is 10. The number of fused-ring (bicyclic) bond motifs is 2. The van der Waals surface area contributed by atoms with E-state index in [1.165, 1.54) is 6.92 Å². The molecule has 2 bridgehead atoms. The van der Waals surface area contributed by atoms with Crippen molar-refractivity contribution in [3.8, 4) is 0 Å². The summed E-state index contributed by atoms with van der Waals surface area (Å²) in [4.78, 5) is 48.6. The highest BCUT2D eigenvalue weighted by atomic mass is 16.8. The second kappa shape index (κ2) is 16.5. The van der Waals surface area contributed by atoms with Crippen molar-refractivity contribution in [2.45, 2.75) is 102 Å². The van der Waals surface area contributed by atoms with Gasteiger partial charge in [-0.1, -0.05) is 60.7 Å². The highest BCUT2D eigenvalue weighted by Crippen LogP contribution is 2.38. The van der Waals surface area contributed by atoms with E-state index in [9.17, 15) is 19.2 Å². The Morgan fingerprint density at radius 2 is 1.17 bits per heavy atom. The van der Waals surface area contributed by atoms with Crippen molar-refractivity contribution in [3.63, 3.8) is 0 Å². The van der Waals surface area contributed by atoms with Crippen molar-refractivity contribution in [1.29, 1.82) is 0 Å². The van der Waals surface area contributed by atoms with Crippen LogP contribution in [0, 0.1) is 0 Å². The van der Waals surface area contributed by atoms with Gasteiger partial charge < -0.3 is 47.4 Å². The van der Waals surface area contributed by atoms with Crippen LogP contribution in [0.25, 0.3) is 0 Å². The van der Waals surface area contributed by atoms with Crippen LogP contribution >= 0.6 is 0 Å². The monoisotopic (exact) mass is 672 g/mol. The minimum atomic E-state index is -1.47. The van der Waals surface area contributed by atoms with Crippen LogP contribution in [0.1, 0.15) is 38.8 Å². The molecule has 260 valence electrons. The first-order valence-corrected chi connectivity index (χ1v) is 15.6. The van der Waals surface area contributed by atoms with Gasteiger partial charge in [0.25, 0.3) is 0 Å². The topological polar surface area (TPSA) is 161 Å². The van der Waals surface area contributed by atoms with Crippen molar-refractivity contribution in [1.82, 2.24) is 0 Å². The molecule has 2 aromatic rings. The fourth-order valence-corrected chi connectivity index (χ4v) is 5.86. The fourth-order valence-electron chi connectivity index (χ4n) is 5.86. The second-order valence-corrected chi connectivity index (χ2v) is 11.6. The van der Waals surface area contributed by atoms with E-state index in [2.05, 4.69) is 0 Å². The molecule has 3 aliphatic rings. The smallest absolute Gasteiger partial charge is 0.303 e. The summed E-state index contributed by atoms with van der Waals surface area (Å²) in [6.45, 7) is 4.86. The fraction of sp³-hybridized carbons (Fsp3) is 0.529. The van der Waals surface area contributed by atoms with E-state index in [1.54, 1.807) is 0 Å². The molecule has 0 unspecified atom stereocenters. The lowest BCUT2D eigenvalue weighted by Gasteiger charge is -2.47. The van der Waals surface area contributed by atoms with Gasteiger partial charge in [0.05, 0.1) is 19.8 Å². The Bertz CT molecular complexity index is 1390. The molecule has 0 spiro atoms. The molecule has 0 aromatic heterocycles. The normalized spacial score (nSPS) is 31.0. The van der Waals surface area contributed by atoms with E-state index in [0.29, 0.717) is 0 Å². The molecule has 48 heavy (non-hydrogen) atoms. The first-order valence-electron chi connectivity index (χ1n) is 15.6. The standard InChI is InChI=1S/C34H40O14/c1-19(35)39-17-26-28(43-20(2)36)30(44-21(3)37)32(45-22(4)38)34(47-26)48-31-29(41-16-24-13-9-6-10-14-24)27(25-18-42-33(31)46-25)40-15-23-11-7-5-8-12-23/h5-14,25-34H,15-18H2,1-4H3/t25-,26-,27-,28-,29+,30+,31-,32-,33-,34+/m1/s1. The molecule has 2 aromatic carbocycles. The van der Waals surface area contributed by atoms with Gasteiger partial charge in [-0.2, -0.15) is 0 Å². The summed E-state index contributed by atoms with van der Waals surface area (Å²) in [6, 6.07) is 19.1. The van der Waals surface area contributed by atoms with Crippen LogP contribution in [0.5, 0.6) is 0 Å². The average Bonchev–Trinajstić information content (AvgIpc) is 3.48. The first-order chi connectivity index (χ1) is 23.1. The maximum Gasteiger partial charge on any atom is 0.303 e. The van der Waals surface area contributed by atoms with Crippen LogP contribution in [0.15, 0.2) is 60.7 Å². The van der Waals surface area contributed by atoms with E-state index in [0.717, 1.165) is 31.9 Å². The summed E-state index contributed by atoms with van der Waals surface area (Å²) in [7, 11) is 0. The number of carbonyl (C=O) groups excluding carboxylic acids is 4. The van der Waals surface area contributed by atoms with E-state index >= 15 is 0 Å². The Hall–Kier alpha value is -3.92. The van der Waals surface area contributed by atoms with Gasteiger partial charge in [0.2, 0.25) is 0 Å². The molecule has 3 fully saturated rings. The average molecular weight is 673 g/mol. The van der Waals surface area contributed by atoms with Crippen molar-refractivity contribution in [2.75, 3.05) is 13.2 Å². The second-order valence-electron chi connectivity index (χ2n) is 11.6. The zero-order valence-corrected chi connectivity index (χ0v) is 27.1. The molecule has 3 saturated heterocycles. The quantitative estimate of drug-likeness (QED) is 0.225. The molecular weight excluding hydrogens is 632 g/mol. The molecule has 10 atom stereocenters. The third kappa shape index (κ3) is 9.15. The Kier molecular flexibility index (Phi) is 12.1. The Morgan fingerprint density at radius 1 is 0.625 bits per heavy atom. The molecule has 0 aliphatic carbocycles. The number of hydrogen-bond acceptors (Lipinski definition) is 14. The van der Waals surface area contributed by atoms with Crippen LogP contribution < -0.4 is 0 Å². The molecule has 0 radical (unpaired) electrons. The Labute approximate surface area is 277 Å². The molecule has 0 amide bonds. The summed E-state index contributed by atoms with van der Waals surface area (Å²) in [5.41, 5.74) is 1.82. The number of benzene rings is 2. The largest absolute Gasteiger partial charge is 0.463 e. The molecule has 0 N–H and O–H groups in total. The van der Waals surface area contributed by atoms with Crippen LogP contribution in [0.4, 0.5) is 0 Å². The highest BCUT2D eigenvalue weighted by Gasteiger charge is 2.58. The lowest BCUT2D eigenvalue weighted by atomic mass is 9.97. The van der Waals surface area contributed by atoms with E-state index in [4.69, 9.17) is 47.4 Å². The lowest BCUT2D eigenvalue weighted by molar-refractivity contribution is -0.352. The third-order valence-electron chi connectivity index (χ3n) is 7.83. The van der Waals surface area contributed by atoms with Crippen molar-refractivity contribution >= 4 is 23.9 Å². The highest BCUT2D eigenvalue weighted by molar-refractivity contribution is 5.68. The maximum absolute atomic E-state index is 12.4. The maximum atomic E-state index is 12.4. The predicted molar refractivity (Wildman–Crippen MR) is 161 cm³/mol. The van der Waals surface area contributed by atoms with Gasteiger partial charge in [0.15, 0.2) is 30.9 Å². The van der Waals surface area contributed by atoms with Crippen LogP contribution in [-0.4, -0.2) is 98.5 Å². The molecule has 5 rings (SSSR count). The van der Waals surface area contributed by atoms with E-state index < -0.39 is 91.9 Å². The third-order valence-corrected chi connectivity index (χ3v) is 7.83. The minimum Gasteiger partial charge on any atom is -0.463 e. The summed E-state index contributed by atoms with van der Waals surface area (Å²) in [5.74, 6) is -2.90. The van der Waals surface area contributed by atoms with Crippen LogP contribution in [-0.2, 0) is 79.8 Å². The van der Waals surface area contributed by atoms with Crippen LogP contribution in [0.2, 0.25) is 0 Å².